The van der Waals surface area contributed by atoms with Gasteiger partial charge in [0, 0.05) is 17.1 Å². The van der Waals surface area contributed by atoms with E-state index in [9.17, 15) is 4.79 Å². The van der Waals surface area contributed by atoms with Gasteiger partial charge in [0.2, 0.25) is 0 Å². The zero-order valence-electron chi connectivity index (χ0n) is 15.0. The molecule has 0 aliphatic heterocycles. The van der Waals surface area contributed by atoms with Crippen molar-refractivity contribution in [2.24, 2.45) is 0 Å². The number of hydrogen-bond donors (Lipinski definition) is 1. The van der Waals surface area contributed by atoms with E-state index in [1.165, 1.54) is 7.11 Å². The number of nitrogens with one attached hydrogen (secondary N) is 1. The van der Waals surface area contributed by atoms with Crippen LogP contribution in [0.25, 0.3) is 0 Å². The summed E-state index contributed by atoms with van der Waals surface area (Å²) in [4.78, 5) is 11.5. The summed E-state index contributed by atoms with van der Waals surface area (Å²) in [6, 6.07) is 13.3. The summed E-state index contributed by atoms with van der Waals surface area (Å²) in [5.41, 5.74) is 2.94. The maximum Gasteiger partial charge on any atom is 0.309 e. The Bertz CT molecular complexity index is 729. The SMILES string of the molecule is C=CCCNCc1cc(CC(=O)OC)ccc1OCc1ccc(Cl)cc1. The fraction of sp³-hybridized carbons (Fsp3) is 0.286. The number of hydrogen-bond acceptors (Lipinski definition) is 4. The molecule has 0 heterocycles. The van der Waals surface area contributed by atoms with Gasteiger partial charge in [0.25, 0.3) is 0 Å². The third-order valence-corrected chi connectivity index (χ3v) is 4.10. The number of halogens is 1. The zero-order valence-corrected chi connectivity index (χ0v) is 15.7. The quantitative estimate of drug-likeness (QED) is 0.383. The molecule has 0 saturated heterocycles. The van der Waals surface area contributed by atoms with Crippen molar-refractivity contribution in [3.8, 4) is 5.75 Å². The molecule has 5 heteroatoms. The number of esters is 1. The molecular formula is C21H24ClNO3. The fourth-order valence-corrected chi connectivity index (χ4v) is 2.56. The molecule has 0 amide bonds. The number of carbonyl (C=O) groups excluding carboxylic acids is 1. The first-order chi connectivity index (χ1) is 12.6. The van der Waals surface area contributed by atoms with Gasteiger partial charge in [0.1, 0.15) is 12.4 Å². The van der Waals surface area contributed by atoms with Crippen molar-refractivity contribution in [3.63, 3.8) is 0 Å². The van der Waals surface area contributed by atoms with Crippen LogP contribution in [0.3, 0.4) is 0 Å². The van der Waals surface area contributed by atoms with Crippen molar-refractivity contribution < 1.29 is 14.3 Å². The van der Waals surface area contributed by atoms with Crippen LogP contribution in [0.2, 0.25) is 5.02 Å². The van der Waals surface area contributed by atoms with Gasteiger partial charge in [0.05, 0.1) is 13.5 Å². The van der Waals surface area contributed by atoms with Gasteiger partial charge in [-0.1, -0.05) is 41.9 Å². The Morgan fingerprint density at radius 2 is 1.92 bits per heavy atom. The van der Waals surface area contributed by atoms with Crippen LogP contribution in [-0.4, -0.2) is 19.6 Å². The van der Waals surface area contributed by atoms with Crippen molar-refractivity contribution in [2.45, 2.75) is 26.0 Å². The molecule has 4 nitrogen and oxygen atoms in total. The topological polar surface area (TPSA) is 47.6 Å². The smallest absolute Gasteiger partial charge is 0.309 e. The second kappa shape index (κ2) is 10.6. The van der Waals surface area contributed by atoms with Crippen molar-refractivity contribution >= 4 is 17.6 Å². The first-order valence-corrected chi connectivity index (χ1v) is 8.87. The van der Waals surface area contributed by atoms with Gasteiger partial charge in [-0.15, -0.1) is 6.58 Å². The highest BCUT2D eigenvalue weighted by atomic mass is 35.5. The number of rotatable bonds is 10. The summed E-state index contributed by atoms with van der Waals surface area (Å²) in [6.45, 7) is 5.66. The molecule has 2 aromatic rings. The van der Waals surface area contributed by atoms with E-state index >= 15 is 0 Å². The lowest BCUT2D eigenvalue weighted by Crippen LogP contribution is -2.15. The van der Waals surface area contributed by atoms with Crippen LogP contribution in [-0.2, 0) is 29.1 Å². The van der Waals surface area contributed by atoms with E-state index in [0.29, 0.717) is 18.2 Å². The minimum Gasteiger partial charge on any atom is -0.489 e. The molecule has 0 fully saturated rings. The second-order valence-corrected chi connectivity index (χ2v) is 6.30. The summed E-state index contributed by atoms with van der Waals surface area (Å²) in [5.74, 6) is 0.532. The molecule has 0 unspecified atom stereocenters. The third-order valence-electron chi connectivity index (χ3n) is 3.85. The van der Waals surface area contributed by atoms with Gasteiger partial charge >= 0.3 is 5.97 Å². The Balaban J connectivity index is 2.09. The molecule has 0 radical (unpaired) electrons. The molecule has 138 valence electrons. The van der Waals surface area contributed by atoms with Gasteiger partial charge in [-0.3, -0.25) is 4.79 Å². The molecule has 0 atom stereocenters. The molecule has 0 spiro atoms. The summed E-state index contributed by atoms with van der Waals surface area (Å²) in [7, 11) is 1.39. The molecule has 0 saturated carbocycles. The monoisotopic (exact) mass is 373 g/mol. The van der Waals surface area contributed by atoms with E-state index in [-0.39, 0.29) is 12.4 Å². The predicted molar refractivity (Wildman–Crippen MR) is 104 cm³/mol. The van der Waals surface area contributed by atoms with Gasteiger partial charge in [-0.05, 0) is 42.3 Å². The van der Waals surface area contributed by atoms with Gasteiger partial charge in [-0.25, -0.2) is 0 Å². The molecule has 0 aromatic heterocycles. The highest BCUT2D eigenvalue weighted by Crippen LogP contribution is 2.22. The molecule has 0 aliphatic carbocycles. The standard InChI is InChI=1S/C21H24ClNO3/c1-3-4-11-23-14-18-12-17(13-21(24)25-2)7-10-20(18)26-15-16-5-8-19(22)9-6-16/h3,5-10,12,23H,1,4,11,13-15H2,2H3. The first-order valence-electron chi connectivity index (χ1n) is 8.50. The Labute approximate surface area is 159 Å². The van der Waals surface area contributed by atoms with Crippen molar-refractivity contribution in [1.82, 2.24) is 5.32 Å². The van der Waals surface area contributed by atoms with Gasteiger partial charge in [-0.2, -0.15) is 0 Å². The Hall–Kier alpha value is -2.30. The average Bonchev–Trinajstić information content (AvgIpc) is 2.65. The number of benzene rings is 2. The Morgan fingerprint density at radius 1 is 1.19 bits per heavy atom. The fourth-order valence-electron chi connectivity index (χ4n) is 2.43. The Morgan fingerprint density at radius 3 is 2.62 bits per heavy atom. The zero-order chi connectivity index (χ0) is 18.8. The second-order valence-electron chi connectivity index (χ2n) is 5.86. The molecule has 26 heavy (non-hydrogen) atoms. The van der Waals surface area contributed by atoms with Crippen LogP contribution in [0.4, 0.5) is 0 Å². The lowest BCUT2D eigenvalue weighted by atomic mass is 10.1. The van der Waals surface area contributed by atoms with Crippen LogP contribution in [0, 0.1) is 0 Å². The minimum atomic E-state index is -0.259. The summed E-state index contributed by atoms with van der Waals surface area (Å²) >= 11 is 5.91. The Kier molecular flexibility index (Phi) is 8.19. The van der Waals surface area contributed by atoms with Crippen molar-refractivity contribution in [2.75, 3.05) is 13.7 Å². The van der Waals surface area contributed by atoms with E-state index in [1.807, 2.05) is 48.5 Å². The summed E-state index contributed by atoms with van der Waals surface area (Å²) in [5, 5.41) is 4.06. The van der Waals surface area contributed by atoms with Crippen molar-refractivity contribution in [1.29, 1.82) is 0 Å². The molecule has 2 aromatic carbocycles. The molecule has 0 aliphatic rings. The first kappa shape index (κ1) is 20.0. The van der Waals surface area contributed by atoms with Gasteiger partial charge < -0.3 is 14.8 Å². The van der Waals surface area contributed by atoms with Crippen molar-refractivity contribution in [3.05, 3.63) is 76.8 Å². The molecule has 2 rings (SSSR count). The molecule has 0 bridgehead atoms. The van der Waals surface area contributed by atoms with E-state index in [0.717, 1.165) is 35.4 Å². The maximum atomic E-state index is 11.5. The van der Waals surface area contributed by atoms with Crippen LogP contribution < -0.4 is 10.1 Å². The number of methoxy groups -OCH3 is 1. The minimum absolute atomic E-state index is 0.244. The maximum absolute atomic E-state index is 11.5. The van der Waals surface area contributed by atoms with Gasteiger partial charge in [0.15, 0.2) is 0 Å². The van der Waals surface area contributed by atoms with Crippen LogP contribution in [0.15, 0.2) is 55.1 Å². The van der Waals surface area contributed by atoms with Crippen LogP contribution >= 0.6 is 11.6 Å². The van der Waals surface area contributed by atoms with Crippen LogP contribution in [0.1, 0.15) is 23.1 Å². The molecular weight excluding hydrogens is 350 g/mol. The van der Waals surface area contributed by atoms with E-state index in [2.05, 4.69) is 11.9 Å². The highest BCUT2D eigenvalue weighted by Gasteiger charge is 2.09. The lowest BCUT2D eigenvalue weighted by Gasteiger charge is -2.14. The highest BCUT2D eigenvalue weighted by molar-refractivity contribution is 6.30. The molecule has 1 N–H and O–H groups in total. The van der Waals surface area contributed by atoms with E-state index in [4.69, 9.17) is 21.1 Å². The lowest BCUT2D eigenvalue weighted by molar-refractivity contribution is -0.139. The average molecular weight is 374 g/mol. The van der Waals surface area contributed by atoms with E-state index in [1.54, 1.807) is 0 Å². The number of ether oxygens (including phenoxy) is 2. The van der Waals surface area contributed by atoms with E-state index < -0.39 is 0 Å². The normalized spacial score (nSPS) is 10.4. The predicted octanol–water partition coefficient (Wildman–Crippen LogP) is 4.30. The number of carbonyl (C=O) groups is 1. The van der Waals surface area contributed by atoms with Crippen LogP contribution in [0.5, 0.6) is 5.75 Å². The third kappa shape index (κ3) is 6.54. The summed E-state index contributed by atoms with van der Waals surface area (Å²) < 4.78 is 10.7. The summed E-state index contributed by atoms with van der Waals surface area (Å²) in [6.07, 6.45) is 3.01. The largest absolute Gasteiger partial charge is 0.489 e.